The third-order valence-electron chi connectivity index (χ3n) is 2.06. The van der Waals surface area contributed by atoms with Crippen molar-refractivity contribution in [2.75, 3.05) is 13.2 Å². The lowest BCUT2D eigenvalue weighted by Gasteiger charge is -2.19. The molecule has 1 aromatic rings. The molecule has 1 aromatic carbocycles. The first-order valence-electron chi connectivity index (χ1n) is 6.17. The van der Waals surface area contributed by atoms with Crippen LogP contribution in [0.25, 0.3) is 0 Å². The van der Waals surface area contributed by atoms with E-state index in [9.17, 15) is 9.59 Å². The molecule has 0 aliphatic rings. The highest BCUT2D eigenvalue weighted by atomic mass is 79.9. The van der Waals surface area contributed by atoms with Crippen LogP contribution < -0.4 is 5.32 Å². The fraction of sp³-hybridized carbons (Fsp3) is 0.429. The number of carbonyl (C=O) groups excluding carboxylic acids is 2. The van der Waals surface area contributed by atoms with Crippen molar-refractivity contribution in [2.24, 2.45) is 0 Å². The molecule has 20 heavy (non-hydrogen) atoms. The quantitative estimate of drug-likeness (QED) is 0.673. The molecule has 0 aliphatic carbocycles. The molecule has 1 rings (SSSR count). The average Bonchev–Trinajstić information content (AvgIpc) is 2.32. The van der Waals surface area contributed by atoms with Gasteiger partial charge < -0.3 is 14.8 Å². The summed E-state index contributed by atoms with van der Waals surface area (Å²) in [4.78, 5) is 23.0. The second-order valence-electron chi connectivity index (χ2n) is 5.07. The maximum absolute atomic E-state index is 11.7. The highest BCUT2D eigenvalue weighted by Crippen LogP contribution is 2.12. The van der Waals surface area contributed by atoms with Crippen LogP contribution in [0.5, 0.6) is 0 Å². The highest BCUT2D eigenvalue weighted by Gasteiger charge is 2.15. The molecule has 0 heterocycles. The van der Waals surface area contributed by atoms with Crippen LogP contribution in [0.15, 0.2) is 28.7 Å². The monoisotopic (exact) mass is 343 g/mol. The first kappa shape index (κ1) is 16.5. The molecule has 0 saturated carbocycles. The SMILES string of the molecule is CC(C)(C)OC(=O)NCCOC(=O)c1cccc(Br)c1. The van der Waals surface area contributed by atoms with Crippen LogP contribution in [-0.2, 0) is 9.47 Å². The average molecular weight is 344 g/mol. The Morgan fingerprint density at radius 2 is 2.00 bits per heavy atom. The van der Waals surface area contributed by atoms with Gasteiger partial charge in [0.1, 0.15) is 12.2 Å². The number of ether oxygens (including phenoxy) is 2. The van der Waals surface area contributed by atoms with Crippen molar-refractivity contribution in [3.63, 3.8) is 0 Å². The first-order valence-corrected chi connectivity index (χ1v) is 6.97. The summed E-state index contributed by atoms with van der Waals surface area (Å²) in [7, 11) is 0. The van der Waals surface area contributed by atoms with Gasteiger partial charge in [-0.3, -0.25) is 0 Å². The van der Waals surface area contributed by atoms with E-state index in [1.54, 1.807) is 39.0 Å². The van der Waals surface area contributed by atoms with Crippen molar-refractivity contribution >= 4 is 28.0 Å². The standard InChI is InChI=1S/C14H18BrNO4/c1-14(2,3)20-13(18)16-7-8-19-12(17)10-5-4-6-11(15)9-10/h4-6,9H,7-8H2,1-3H3,(H,16,18). The van der Waals surface area contributed by atoms with E-state index in [1.807, 2.05) is 6.07 Å². The van der Waals surface area contributed by atoms with E-state index >= 15 is 0 Å². The first-order chi connectivity index (χ1) is 9.28. The molecule has 1 N–H and O–H groups in total. The molecule has 6 heteroatoms. The zero-order chi connectivity index (χ0) is 15.2. The van der Waals surface area contributed by atoms with Crippen LogP contribution >= 0.6 is 15.9 Å². The molecule has 5 nitrogen and oxygen atoms in total. The molecule has 0 aliphatic heterocycles. The number of esters is 1. The minimum Gasteiger partial charge on any atom is -0.460 e. The topological polar surface area (TPSA) is 64.6 Å². The molecule has 0 unspecified atom stereocenters. The van der Waals surface area contributed by atoms with Gasteiger partial charge in [-0.15, -0.1) is 0 Å². The number of rotatable bonds is 4. The van der Waals surface area contributed by atoms with Gasteiger partial charge in [-0.05, 0) is 39.0 Å². The number of nitrogens with one attached hydrogen (secondary N) is 1. The van der Waals surface area contributed by atoms with E-state index in [2.05, 4.69) is 21.2 Å². The van der Waals surface area contributed by atoms with Crippen molar-refractivity contribution in [3.8, 4) is 0 Å². The number of alkyl carbamates (subject to hydrolysis) is 1. The summed E-state index contributed by atoms with van der Waals surface area (Å²) in [6, 6.07) is 6.90. The lowest BCUT2D eigenvalue weighted by molar-refractivity contribution is 0.0433. The van der Waals surface area contributed by atoms with Gasteiger partial charge in [0.25, 0.3) is 0 Å². The van der Waals surface area contributed by atoms with Crippen molar-refractivity contribution in [2.45, 2.75) is 26.4 Å². The van der Waals surface area contributed by atoms with E-state index < -0.39 is 17.7 Å². The molecular weight excluding hydrogens is 326 g/mol. The zero-order valence-corrected chi connectivity index (χ0v) is 13.3. The maximum Gasteiger partial charge on any atom is 0.407 e. The molecular formula is C14H18BrNO4. The summed E-state index contributed by atoms with van der Waals surface area (Å²) in [5, 5.41) is 2.51. The van der Waals surface area contributed by atoms with E-state index in [4.69, 9.17) is 9.47 Å². The van der Waals surface area contributed by atoms with Gasteiger partial charge in [0, 0.05) is 4.47 Å². The van der Waals surface area contributed by atoms with Gasteiger partial charge >= 0.3 is 12.1 Å². The summed E-state index contributed by atoms with van der Waals surface area (Å²) in [6.07, 6.45) is -0.531. The molecule has 110 valence electrons. The Hall–Kier alpha value is -1.56. The Balaban J connectivity index is 2.28. The summed E-state index contributed by atoms with van der Waals surface area (Å²) < 4.78 is 10.9. The largest absolute Gasteiger partial charge is 0.460 e. The predicted octanol–water partition coefficient (Wildman–Crippen LogP) is 3.13. The number of benzene rings is 1. The summed E-state index contributed by atoms with van der Waals surface area (Å²) in [5.74, 6) is -0.433. The van der Waals surface area contributed by atoms with Crippen LogP contribution in [0.2, 0.25) is 0 Å². The fourth-order valence-corrected chi connectivity index (χ4v) is 1.71. The molecule has 0 saturated heterocycles. The van der Waals surface area contributed by atoms with Gasteiger partial charge in [-0.2, -0.15) is 0 Å². The Morgan fingerprint density at radius 1 is 1.30 bits per heavy atom. The number of amides is 1. The smallest absolute Gasteiger partial charge is 0.407 e. The van der Waals surface area contributed by atoms with Crippen molar-refractivity contribution in [1.29, 1.82) is 0 Å². The molecule has 0 fully saturated rings. The van der Waals surface area contributed by atoms with Crippen LogP contribution in [0, 0.1) is 0 Å². The third-order valence-corrected chi connectivity index (χ3v) is 2.56. The zero-order valence-electron chi connectivity index (χ0n) is 11.7. The molecule has 0 spiro atoms. The van der Waals surface area contributed by atoms with Crippen LogP contribution in [0.1, 0.15) is 31.1 Å². The number of hydrogen-bond donors (Lipinski definition) is 1. The van der Waals surface area contributed by atoms with Crippen LogP contribution in [0.3, 0.4) is 0 Å². The molecule has 0 radical (unpaired) electrons. The second-order valence-corrected chi connectivity index (χ2v) is 5.99. The van der Waals surface area contributed by atoms with Crippen molar-refractivity contribution in [1.82, 2.24) is 5.32 Å². The molecule has 1 amide bonds. The lowest BCUT2D eigenvalue weighted by atomic mass is 10.2. The Morgan fingerprint density at radius 3 is 2.60 bits per heavy atom. The second kappa shape index (κ2) is 7.28. The number of carbonyl (C=O) groups is 2. The third kappa shape index (κ3) is 6.56. The minimum atomic E-state index is -0.545. The van der Waals surface area contributed by atoms with Gasteiger partial charge in [0.2, 0.25) is 0 Å². The van der Waals surface area contributed by atoms with Crippen LogP contribution in [0.4, 0.5) is 4.79 Å². The van der Waals surface area contributed by atoms with E-state index in [-0.39, 0.29) is 13.2 Å². The summed E-state index contributed by atoms with van der Waals surface area (Å²) >= 11 is 3.28. The fourth-order valence-electron chi connectivity index (χ4n) is 1.31. The number of halogens is 1. The van der Waals surface area contributed by atoms with Gasteiger partial charge in [-0.25, -0.2) is 9.59 Å². The maximum atomic E-state index is 11.7. The Kier molecular flexibility index (Phi) is 6.01. The lowest BCUT2D eigenvalue weighted by Crippen LogP contribution is -2.34. The van der Waals surface area contributed by atoms with Crippen molar-refractivity contribution in [3.05, 3.63) is 34.3 Å². The van der Waals surface area contributed by atoms with E-state index in [0.29, 0.717) is 5.56 Å². The summed E-state index contributed by atoms with van der Waals surface area (Å²) in [5.41, 5.74) is -0.0893. The highest BCUT2D eigenvalue weighted by molar-refractivity contribution is 9.10. The predicted molar refractivity (Wildman–Crippen MR) is 78.7 cm³/mol. The summed E-state index contributed by atoms with van der Waals surface area (Å²) in [6.45, 7) is 5.62. The van der Waals surface area contributed by atoms with Gasteiger partial charge in [-0.1, -0.05) is 22.0 Å². The molecule has 0 atom stereocenters. The molecule has 0 bridgehead atoms. The van der Waals surface area contributed by atoms with Crippen LogP contribution in [-0.4, -0.2) is 30.8 Å². The Labute approximate surface area is 126 Å². The molecule has 0 aromatic heterocycles. The normalized spacial score (nSPS) is 10.8. The van der Waals surface area contributed by atoms with E-state index in [1.165, 1.54) is 0 Å². The Bertz CT molecular complexity index is 482. The van der Waals surface area contributed by atoms with Gasteiger partial charge in [0.05, 0.1) is 12.1 Å². The van der Waals surface area contributed by atoms with Gasteiger partial charge in [0.15, 0.2) is 0 Å². The van der Waals surface area contributed by atoms with E-state index in [0.717, 1.165) is 4.47 Å². The number of hydrogen-bond acceptors (Lipinski definition) is 4. The minimum absolute atomic E-state index is 0.0879. The van der Waals surface area contributed by atoms with Crippen molar-refractivity contribution < 1.29 is 19.1 Å².